The smallest absolute Gasteiger partial charge is 0.251 e. The van der Waals surface area contributed by atoms with Crippen molar-refractivity contribution in [2.45, 2.75) is 39.7 Å². The van der Waals surface area contributed by atoms with Crippen LogP contribution in [0.25, 0.3) is 0 Å². The van der Waals surface area contributed by atoms with Crippen LogP contribution in [0.3, 0.4) is 0 Å². The summed E-state index contributed by atoms with van der Waals surface area (Å²) in [6.07, 6.45) is 0.979. The zero-order valence-electron chi connectivity index (χ0n) is 26.1. The van der Waals surface area contributed by atoms with Crippen molar-refractivity contribution in [1.29, 1.82) is 0 Å². The zero-order valence-corrected chi connectivity index (χ0v) is 26.1. The van der Waals surface area contributed by atoms with E-state index in [1.165, 1.54) is 0 Å². The van der Waals surface area contributed by atoms with E-state index in [9.17, 15) is 9.59 Å². The molecule has 0 aliphatic rings. The average molecular weight is 594 g/mol. The molecule has 0 fully saturated rings. The summed E-state index contributed by atoms with van der Waals surface area (Å²) in [5, 5.41) is 8.60. The summed E-state index contributed by atoms with van der Waals surface area (Å²) < 4.78 is 33.5. The Bertz CT molecular complexity index is 930. The van der Waals surface area contributed by atoms with Gasteiger partial charge in [-0.3, -0.25) is 9.59 Å². The van der Waals surface area contributed by atoms with Gasteiger partial charge in [-0.2, -0.15) is 0 Å². The molecule has 0 aliphatic carbocycles. The molecule has 11 nitrogen and oxygen atoms in total. The van der Waals surface area contributed by atoms with Gasteiger partial charge in [0.25, 0.3) is 5.91 Å². The number of hydrogen-bond acceptors (Lipinski definition) is 9. The monoisotopic (exact) mass is 593 g/mol. The quantitative estimate of drug-likeness (QED) is 0.122. The molecule has 0 spiro atoms. The Morgan fingerprint density at radius 2 is 1.57 bits per heavy atom. The SMILES string of the molecule is CNCCCOCCOCCOCCNC(=O)c1cccc(OCC(C)(C)OCCOCC(=O)NCC#CC(C)C)c1. The summed E-state index contributed by atoms with van der Waals surface area (Å²) in [6, 6.07) is 6.97. The zero-order chi connectivity index (χ0) is 30.9. The molecule has 0 radical (unpaired) electrons. The van der Waals surface area contributed by atoms with Crippen molar-refractivity contribution in [3.8, 4) is 17.6 Å². The largest absolute Gasteiger partial charge is 0.491 e. The summed E-state index contributed by atoms with van der Waals surface area (Å²) in [6.45, 7) is 13.3. The topological polar surface area (TPSA) is 126 Å². The first-order chi connectivity index (χ1) is 20.2. The highest BCUT2D eigenvalue weighted by molar-refractivity contribution is 5.94. The van der Waals surface area contributed by atoms with E-state index in [1.807, 2.05) is 34.7 Å². The van der Waals surface area contributed by atoms with Crippen LogP contribution in [0.1, 0.15) is 44.5 Å². The van der Waals surface area contributed by atoms with Gasteiger partial charge >= 0.3 is 0 Å². The number of amides is 2. The van der Waals surface area contributed by atoms with Crippen molar-refractivity contribution in [1.82, 2.24) is 16.0 Å². The molecule has 0 aliphatic heterocycles. The fourth-order valence-electron chi connectivity index (χ4n) is 3.25. The third kappa shape index (κ3) is 21.1. The van der Waals surface area contributed by atoms with Crippen LogP contribution in [-0.4, -0.2) is 110 Å². The maximum Gasteiger partial charge on any atom is 0.251 e. The minimum absolute atomic E-state index is 0.0489. The van der Waals surface area contributed by atoms with Crippen molar-refractivity contribution in [3.63, 3.8) is 0 Å². The van der Waals surface area contributed by atoms with Gasteiger partial charge < -0.3 is 44.4 Å². The van der Waals surface area contributed by atoms with Crippen LogP contribution >= 0.6 is 0 Å². The molecular weight excluding hydrogens is 542 g/mol. The Kier molecular flexibility index (Phi) is 21.1. The molecule has 2 amide bonds. The molecule has 0 bridgehead atoms. The lowest BCUT2D eigenvalue weighted by Crippen LogP contribution is -2.34. The molecule has 0 atom stereocenters. The molecule has 1 rings (SSSR count). The Labute approximate surface area is 251 Å². The van der Waals surface area contributed by atoms with Crippen LogP contribution in [0.4, 0.5) is 0 Å². The van der Waals surface area contributed by atoms with Crippen LogP contribution in [0.5, 0.6) is 5.75 Å². The molecule has 1 aromatic rings. The third-order valence-electron chi connectivity index (χ3n) is 5.39. The molecule has 0 aromatic heterocycles. The number of nitrogens with one attached hydrogen (secondary N) is 3. The summed E-state index contributed by atoms with van der Waals surface area (Å²) in [5.41, 5.74) is -0.109. The van der Waals surface area contributed by atoms with Gasteiger partial charge in [0.1, 0.15) is 19.0 Å². The Balaban J connectivity index is 2.16. The molecule has 0 saturated heterocycles. The highest BCUT2D eigenvalue weighted by atomic mass is 16.6. The van der Waals surface area contributed by atoms with Gasteiger partial charge in [0.2, 0.25) is 5.91 Å². The van der Waals surface area contributed by atoms with E-state index < -0.39 is 5.60 Å². The number of rotatable bonds is 24. The second-order valence-electron chi connectivity index (χ2n) is 10.3. The Morgan fingerprint density at radius 3 is 2.29 bits per heavy atom. The molecular formula is C31H51N3O8. The number of ether oxygens (including phenoxy) is 6. The molecule has 0 heterocycles. The van der Waals surface area contributed by atoms with E-state index in [1.54, 1.807) is 24.3 Å². The van der Waals surface area contributed by atoms with Gasteiger partial charge in [0, 0.05) is 24.6 Å². The van der Waals surface area contributed by atoms with Gasteiger partial charge in [-0.05, 0) is 52.1 Å². The molecule has 0 saturated carbocycles. The summed E-state index contributed by atoms with van der Waals surface area (Å²) in [7, 11) is 1.92. The molecule has 11 heteroatoms. The first-order valence-corrected chi connectivity index (χ1v) is 14.6. The van der Waals surface area contributed by atoms with Crippen molar-refractivity contribution in [2.24, 2.45) is 5.92 Å². The molecule has 238 valence electrons. The molecule has 3 N–H and O–H groups in total. The van der Waals surface area contributed by atoms with E-state index in [2.05, 4.69) is 27.8 Å². The van der Waals surface area contributed by atoms with E-state index in [0.717, 1.165) is 19.6 Å². The van der Waals surface area contributed by atoms with Crippen molar-refractivity contribution >= 4 is 11.8 Å². The van der Waals surface area contributed by atoms with Crippen LogP contribution in [0.15, 0.2) is 24.3 Å². The fourth-order valence-corrected chi connectivity index (χ4v) is 3.25. The maximum atomic E-state index is 12.5. The minimum Gasteiger partial charge on any atom is -0.491 e. The van der Waals surface area contributed by atoms with Crippen LogP contribution in [0, 0.1) is 17.8 Å². The van der Waals surface area contributed by atoms with Gasteiger partial charge in [0.15, 0.2) is 0 Å². The lowest BCUT2D eigenvalue weighted by atomic mass is 10.1. The Hall–Kier alpha value is -2.72. The molecule has 42 heavy (non-hydrogen) atoms. The number of carbonyl (C=O) groups excluding carboxylic acids is 2. The van der Waals surface area contributed by atoms with Crippen LogP contribution in [-0.2, 0) is 28.5 Å². The fraction of sp³-hybridized carbons (Fsp3) is 0.677. The van der Waals surface area contributed by atoms with Gasteiger partial charge in [-0.15, -0.1) is 0 Å². The number of benzene rings is 1. The van der Waals surface area contributed by atoms with Gasteiger partial charge in [-0.1, -0.05) is 31.8 Å². The second kappa shape index (κ2) is 23.8. The lowest BCUT2D eigenvalue weighted by molar-refractivity contribution is -0.127. The van der Waals surface area contributed by atoms with Crippen molar-refractivity contribution in [2.75, 3.05) is 92.8 Å². The van der Waals surface area contributed by atoms with Crippen LogP contribution in [0.2, 0.25) is 0 Å². The summed E-state index contributed by atoms with van der Waals surface area (Å²) >= 11 is 0. The number of carbonyl (C=O) groups is 2. The molecule has 0 unspecified atom stereocenters. The van der Waals surface area contributed by atoms with E-state index in [0.29, 0.717) is 64.0 Å². The van der Waals surface area contributed by atoms with Crippen LogP contribution < -0.4 is 20.7 Å². The Morgan fingerprint density at radius 1 is 0.881 bits per heavy atom. The van der Waals surface area contributed by atoms with Gasteiger partial charge in [0.05, 0.1) is 58.4 Å². The summed E-state index contributed by atoms with van der Waals surface area (Å²) in [4.78, 5) is 24.3. The lowest BCUT2D eigenvalue weighted by Gasteiger charge is -2.25. The van der Waals surface area contributed by atoms with Crippen molar-refractivity contribution in [3.05, 3.63) is 29.8 Å². The maximum absolute atomic E-state index is 12.5. The first kappa shape index (κ1) is 37.3. The van der Waals surface area contributed by atoms with E-state index in [-0.39, 0.29) is 37.6 Å². The van der Waals surface area contributed by atoms with Crippen molar-refractivity contribution < 1.29 is 38.0 Å². The van der Waals surface area contributed by atoms with E-state index >= 15 is 0 Å². The average Bonchev–Trinajstić information content (AvgIpc) is 2.96. The number of hydrogen-bond donors (Lipinski definition) is 3. The van der Waals surface area contributed by atoms with E-state index in [4.69, 9.17) is 28.4 Å². The predicted molar refractivity (Wildman–Crippen MR) is 162 cm³/mol. The highest BCUT2D eigenvalue weighted by Crippen LogP contribution is 2.17. The minimum atomic E-state index is -0.600. The summed E-state index contributed by atoms with van der Waals surface area (Å²) in [5.74, 6) is 6.28. The second-order valence-corrected chi connectivity index (χ2v) is 10.3. The predicted octanol–water partition coefficient (Wildman–Crippen LogP) is 2.04. The third-order valence-corrected chi connectivity index (χ3v) is 5.39. The normalized spacial score (nSPS) is 11.2. The first-order valence-electron chi connectivity index (χ1n) is 14.6. The standard InChI is InChI=1S/C31H51N3O8/c1-26(2)9-7-13-33-29(35)24-40-21-22-42-31(3,4)25-41-28-11-6-10-27(23-28)30(36)34-14-16-38-18-20-39-19-17-37-15-8-12-32-5/h6,10-11,23,26,32H,8,12-22,24-25H2,1-5H3,(H,33,35)(H,34,36). The molecule has 1 aromatic carbocycles. The highest BCUT2D eigenvalue weighted by Gasteiger charge is 2.20. The van der Waals surface area contributed by atoms with Gasteiger partial charge in [-0.25, -0.2) is 0 Å².